The molecule has 0 spiro atoms. The van der Waals surface area contributed by atoms with Crippen molar-refractivity contribution < 1.29 is 18.0 Å². The second-order valence-electron chi connectivity index (χ2n) is 6.05. The summed E-state index contributed by atoms with van der Waals surface area (Å²) in [5.41, 5.74) is 6.89. The Morgan fingerprint density at radius 3 is 2.46 bits per heavy atom. The monoisotopic (exact) mass is 386 g/mol. The molecular formula is C20H17F3N4O. The number of carbonyl (C=O) groups excluding carboxylic acids is 1. The average molecular weight is 386 g/mol. The smallest absolute Gasteiger partial charge is 0.307 e. The van der Waals surface area contributed by atoms with Gasteiger partial charge in [-0.3, -0.25) is 15.8 Å². The predicted molar refractivity (Wildman–Crippen MR) is 102 cm³/mol. The van der Waals surface area contributed by atoms with Crippen molar-refractivity contribution in [2.75, 3.05) is 10.7 Å². The molecule has 0 saturated carbocycles. The van der Waals surface area contributed by atoms with Crippen molar-refractivity contribution in [2.24, 2.45) is 0 Å². The summed E-state index contributed by atoms with van der Waals surface area (Å²) in [7, 11) is 0. The minimum Gasteiger partial charge on any atom is -0.307 e. The Kier molecular flexibility index (Phi) is 5.49. The Labute approximate surface area is 159 Å². The molecule has 0 aliphatic heterocycles. The molecule has 5 nitrogen and oxygen atoms in total. The molecule has 2 amide bonds. The van der Waals surface area contributed by atoms with E-state index in [-0.39, 0.29) is 11.3 Å². The lowest BCUT2D eigenvalue weighted by molar-refractivity contribution is -0.138. The van der Waals surface area contributed by atoms with E-state index in [1.54, 1.807) is 24.5 Å². The molecule has 0 aliphatic carbocycles. The van der Waals surface area contributed by atoms with Gasteiger partial charge in [0.2, 0.25) is 0 Å². The highest BCUT2D eigenvalue weighted by molar-refractivity contribution is 5.90. The Balaban J connectivity index is 1.64. The summed E-state index contributed by atoms with van der Waals surface area (Å²) >= 11 is 0. The van der Waals surface area contributed by atoms with E-state index in [0.717, 1.165) is 17.2 Å². The summed E-state index contributed by atoms with van der Waals surface area (Å²) < 4.78 is 38.9. The fourth-order valence-corrected chi connectivity index (χ4v) is 2.61. The van der Waals surface area contributed by atoms with Crippen LogP contribution in [0.2, 0.25) is 0 Å². The van der Waals surface area contributed by atoms with E-state index >= 15 is 0 Å². The van der Waals surface area contributed by atoms with Gasteiger partial charge in [0.15, 0.2) is 0 Å². The van der Waals surface area contributed by atoms with E-state index < -0.39 is 17.8 Å². The molecule has 0 aliphatic rings. The Morgan fingerprint density at radius 1 is 0.964 bits per heavy atom. The first-order valence-electron chi connectivity index (χ1n) is 8.34. The van der Waals surface area contributed by atoms with Crippen LogP contribution in [0.5, 0.6) is 0 Å². The normalized spacial score (nSPS) is 11.0. The van der Waals surface area contributed by atoms with E-state index in [4.69, 9.17) is 0 Å². The average Bonchev–Trinajstić information content (AvgIpc) is 2.68. The second-order valence-corrected chi connectivity index (χ2v) is 6.05. The molecule has 8 heteroatoms. The fraction of sp³-hybridized carbons (Fsp3) is 0.100. The molecule has 1 aromatic heterocycles. The van der Waals surface area contributed by atoms with E-state index in [0.29, 0.717) is 5.69 Å². The number of aryl methyl sites for hydroxylation is 1. The SMILES string of the molecule is Cc1ccc(NC(=O)NNc2cccc(-c3cccnc3)c2)cc1C(F)(F)F. The van der Waals surface area contributed by atoms with Crippen molar-refractivity contribution in [3.8, 4) is 11.1 Å². The number of nitrogens with zero attached hydrogens (tertiary/aromatic N) is 1. The van der Waals surface area contributed by atoms with Gasteiger partial charge in [-0.05, 0) is 48.4 Å². The minimum absolute atomic E-state index is 0.0429. The number of hydrogen-bond donors (Lipinski definition) is 3. The van der Waals surface area contributed by atoms with Crippen molar-refractivity contribution in [1.29, 1.82) is 0 Å². The van der Waals surface area contributed by atoms with Gasteiger partial charge < -0.3 is 5.32 Å². The molecule has 2 aromatic carbocycles. The Bertz CT molecular complexity index is 975. The number of hydrazine groups is 1. The number of anilines is 2. The molecule has 0 bridgehead atoms. The standard InChI is InChI=1S/C20H17F3N4O/c1-13-7-8-16(11-18(13)20(21,22)23)25-19(28)27-26-17-6-2-4-14(10-17)15-5-3-9-24-12-15/h2-12,26H,1H3,(H2,25,27,28). The molecule has 3 aromatic rings. The summed E-state index contributed by atoms with van der Waals surface area (Å²) in [4.78, 5) is 16.1. The molecule has 0 unspecified atom stereocenters. The van der Waals surface area contributed by atoms with Crippen LogP contribution in [0.25, 0.3) is 11.1 Å². The van der Waals surface area contributed by atoms with Gasteiger partial charge >= 0.3 is 12.2 Å². The van der Waals surface area contributed by atoms with Crippen molar-refractivity contribution >= 4 is 17.4 Å². The van der Waals surface area contributed by atoms with Crippen LogP contribution in [0.3, 0.4) is 0 Å². The maximum atomic E-state index is 13.0. The van der Waals surface area contributed by atoms with Crippen molar-refractivity contribution in [3.63, 3.8) is 0 Å². The van der Waals surface area contributed by atoms with Crippen LogP contribution in [-0.4, -0.2) is 11.0 Å². The zero-order valence-electron chi connectivity index (χ0n) is 14.8. The minimum atomic E-state index is -4.48. The highest BCUT2D eigenvalue weighted by atomic mass is 19.4. The molecule has 0 radical (unpaired) electrons. The van der Waals surface area contributed by atoms with Crippen molar-refractivity contribution in [2.45, 2.75) is 13.1 Å². The summed E-state index contributed by atoms with van der Waals surface area (Å²) in [5.74, 6) is 0. The van der Waals surface area contributed by atoms with Gasteiger partial charge in [-0.15, -0.1) is 0 Å². The number of benzene rings is 2. The Hall–Kier alpha value is -3.55. The molecular weight excluding hydrogens is 369 g/mol. The van der Waals surface area contributed by atoms with Gasteiger partial charge in [0, 0.05) is 23.6 Å². The quantitative estimate of drug-likeness (QED) is 0.538. The highest BCUT2D eigenvalue weighted by Crippen LogP contribution is 2.33. The van der Waals surface area contributed by atoms with Gasteiger partial charge in [-0.2, -0.15) is 13.2 Å². The number of aromatic nitrogens is 1. The second kappa shape index (κ2) is 7.99. The van der Waals surface area contributed by atoms with Crippen LogP contribution in [0.4, 0.5) is 29.3 Å². The summed E-state index contributed by atoms with van der Waals surface area (Å²) in [5, 5.41) is 2.38. The number of amides is 2. The van der Waals surface area contributed by atoms with Crippen LogP contribution in [0, 0.1) is 6.92 Å². The maximum absolute atomic E-state index is 13.0. The third-order valence-electron chi connectivity index (χ3n) is 3.98. The molecule has 3 N–H and O–H groups in total. The first kappa shape index (κ1) is 19.2. The lowest BCUT2D eigenvalue weighted by Gasteiger charge is -2.14. The summed E-state index contributed by atoms with van der Waals surface area (Å²) in [6, 6.07) is 13.9. The van der Waals surface area contributed by atoms with Gasteiger partial charge in [-0.25, -0.2) is 4.79 Å². The molecule has 0 saturated heterocycles. The number of hydrogen-bond acceptors (Lipinski definition) is 3. The van der Waals surface area contributed by atoms with Crippen LogP contribution in [-0.2, 0) is 6.18 Å². The number of halogens is 3. The molecule has 0 fully saturated rings. The van der Waals surface area contributed by atoms with Gasteiger partial charge in [0.05, 0.1) is 11.3 Å². The number of pyridine rings is 1. The topological polar surface area (TPSA) is 66.1 Å². The van der Waals surface area contributed by atoms with E-state index in [1.807, 2.05) is 24.3 Å². The van der Waals surface area contributed by atoms with Crippen LogP contribution in [0.1, 0.15) is 11.1 Å². The van der Waals surface area contributed by atoms with Gasteiger partial charge in [0.1, 0.15) is 0 Å². The maximum Gasteiger partial charge on any atom is 0.416 e. The Morgan fingerprint density at radius 2 is 1.75 bits per heavy atom. The largest absolute Gasteiger partial charge is 0.416 e. The van der Waals surface area contributed by atoms with E-state index in [9.17, 15) is 18.0 Å². The van der Waals surface area contributed by atoms with Crippen LogP contribution in [0.15, 0.2) is 67.0 Å². The fourth-order valence-electron chi connectivity index (χ4n) is 2.61. The highest BCUT2D eigenvalue weighted by Gasteiger charge is 2.32. The van der Waals surface area contributed by atoms with Crippen LogP contribution >= 0.6 is 0 Å². The molecule has 1 heterocycles. The van der Waals surface area contributed by atoms with Crippen molar-refractivity contribution in [1.82, 2.24) is 10.4 Å². The van der Waals surface area contributed by atoms with E-state index in [2.05, 4.69) is 21.2 Å². The third-order valence-corrected chi connectivity index (χ3v) is 3.98. The molecule has 0 atom stereocenters. The lowest BCUT2D eigenvalue weighted by Crippen LogP contribution is -2.33. The van der Waals surface area contributed by atoms with Gasteiger partial charge in [-0.1, -0.05) is 24.3 Å². The van der Waals surface area contributed by atoms with Gasteiger partial charge in [0.25, 0.3) is 0 Å². The zero-order chi connectivity index (χ0) is 20.1. The predicted octanol–water partition coefficient (Wildman–Crippen LogP) is 5.22. The van der Waals surface area contributed by atoms with Crippen LogP contribution < -0.4 is 16.2 Å². The summed E-state index contributed by atoms with van der Waals surface area (Å²) in [6.45, 7) is 1.36. The van der Waals surface area contributed by atoms with Crippen molar-refractivity contribution in [3.05, 3.63) is 78.1 Å². The first-order valence-corrected chi connectivity index (χ1v) is 8.34. The molecule has 28 heavy (non-hydrogen) atoms. The number of carbonyl (C=O) groups is 1. The van der Waals surface area contributed by atoms with E-state index in [1.165, 1.54) is 19.1 Å². The lowest BCUT2D eigenvalue weighted by atomic mass is 10.1. The number of rotatable bonds is 4. The third kappa shape index (κ3) is 4.79. The number of nitrogens with one attached hydrogen (secondary N) is 3. The summed E-state index contributed by atoms with van der Waals surface area (Å²) in [6.07, 6.45) is -1.09. The molecule has 144 valence electrons. The molecule has 3 rings (SSSR count). The number of alkyl halides is 3. The number of urea groups is 1. The zero-order valence-corrected chi connectivity index (χ0v) is 14.8. The first-order chi connectivity index (χ1) is 13.3.